The molecule has 0 heterocycles. The van der Waals surface area contributed by atoms with E-state index >= 15 is 0 Å². The third-order valence-corrected chi connectivity index (χ3v) is 8.51. The van der Waals surface area contributed by atoms with Crippen LogP contribution in [0.2, 0.25) is 0 Å². The summed E-state index contributed by atoms with van der Waals surface area (Å²) in [6.07, 6.45) is 14.3. The number of rotatable bonds is 8. The van der Waals surface area contributed by atoms with Gasteiger partial charge in [-0.25, -0.2) is 0 Å². The predicted octanol–water partition coefficient (Wildman–Crippen LogP) is 8.51. The molecule has 2 fully saturated rings. The van der Waals surface area contributed by atoms with Crippen molar-refractivity contribution in [2.24, 2.45) is 17.3 Å². The Morgan fingerprint density at radius 1 is 1.05 bits per heavy atom. The van der Waals surface area contributed by atoms with Crippen molar-refractivity contribution >= 4 is 6.29 Å². The number of carbonyl (C=O) groups is 1. The second kappa shape index (κ2) is 13.4. The van der Waals surface area contributed by atoms with Crippen molar-refractivity contribution < 1.29 is 4.79 Å². The van der Waals surface area contributed by atoms with Gasteiger partial charge in [-0.15, -0.1) is 13.2 Å². The average molecular weight is 496 g/mol. The number of nitrogens with one attached hydrogen (secondary N) is 1. The highest BCUT2D eigenvalue weighted by Crippen LogP contribution is 2.65. The van der Waals surface area contributed by atoms with Gasteiger partial charge < -0.3 is 10.1 Å². The smallest absolute Gasteiger partial charge is 0.127 e. The monoisotopic (exact) mass is 495 g/mol. The van der Waals surface area contributed by atoms with E-state index in [4.69, 9.17) is 0 Å². The molecule has 0 bridgehead atoms. The molecule has 0 aromatic heterocycles. The van der Waals surface area contributed by atoms with Crippen LogP contribution in [0.3, 0.4) is 0 Å². The molecule has 2 aromatic carbocycles. The Morgan fingerprint density at radius 2 is 1.73 bits per heavy atom. The Labute approximate surface area is 225 Å². The molecule has 0 radical (unpaired) electrons. The largest absolute Gasteiger partial charge is 0.388 e. The first-order valence-electron chi connectivity index (χ1n) is 13.8. The van der Waals surface area contributed by atoms with Crippen LogP contribution >= 0.6 is 0 Å². The zero-order chi connectivity index (χ0) is 26.8. The molecule has 3 atom stereocenters. The van der Waals surface area contributed by atoms with Crippen molar-refractivity contribution in [1.82, 2.24) is 5.32 Å². The number of likely N-dealkylation sites (N-methyl/N-ethyl adjacent to an activating group) is 1. The molecule has 2 saturated carbocycles. The molecule has 5 rings (SSSR count). The second-order valence-electron chi connectivity index (χ2n) is 10.6. The highest BCUT2D eigenvalue weighted by atomic mass is 16.1. The molecule has 0 spiro atoms. The molecule has 2 nitrogen and oxygen atoms in total. The third kappa shape index (κ3) is 6.42. The van der Waals surface area contributed by atoms with Gasteiger partial charge in [0.25, 0.3) is 0 Å². The van der Waals surface area contributed by atoms with Gasteiger partial charge in [0.15, 0.2) is 0 Å². The van der Waals surface area contributed by atoms with E-state index < -0.39 is 0 Å². The Hall–Kier alpha value is -3.13. The van der Waals surface area contributed by atoms with E-state index in [0.29, 0.717) is 5.41 Å². The van der Waals surface area contributed by atoms with E-state index in [1.54, 1.807) is 5.57 Å². The lowest BCUT2D eigenvalue weighted by Crippen LogP contribution is -2.34. The van der Waals surface area contributed by atoms with Crippen molar-refractivity contribution in [3.63, 3.8) is 0 Å². The molecule has 0 aliphatic heterocycles. The molecule has 2 heteroatoms. The third-order valence-electron chi connectivity index (χ3n) is 8.51. The standard InChI is InChI=1S/C26H33NO.C7H8.C2H4/c1-4-19-16-26(22-11-12-22)21(13-14-23(26)15-25(19)27-3)10-9-20-7-5-6-8-24(20)18(2)17-28;1-7-5-3-2-4-6-7;1-2/h4-8,15,17-18,21-22,27H,1,9-14,16H2,2-3H3;2-6H,1H3;1-2H2. The summed E-state index contributed by atoms with van der Waals surface area (Å²) in [5, 5.41) is 3.39. The van der Waals surface area contributed by atoms with Gasteiger partial charge in [0.2, 0.25) is 0 Å². The van der Waals surface area contributed by atoms with E-state index in [-0.39, 0.29) is 5.92 Å². The predicted molar refractivity (Wildman–Crippen MR) is 159 cm³/mol. The first-order valence-corrected chi connectivity index (χ1v) is 13.8. The van der Waals surface area contributed by atoms with Crippen molar-refractivity contribution in [3.8, 4) is 0 Å². The fourth-order valence-corrected chi connectivity index (χ4v) is 6.52. The number of hydrogen-bond acceptors (Lipinski definition) is 2. The SMILES string of the molecule is C=C.C=CC1=C(NC)C=C2CCC(CCc3ccccc3C(C)C=O)C2(C2CC2)C1.Cc1ccccc1. The summed E-state index contributed by atoms with van der Waals surface area (Å²) in [6, 6.07) is 18.8. The molecule has 1 N–H and O–H groups in total. The van der Waals surface area contributed by atoms with Crippen LogP contribution in [0.4, 0.5) is 0 Å². The number of allylic oxidation sites excluding steroid dienone is 4. The summed E-state index contributed by atoms with van der Waals surface area (Å²) >= 11 is 0. The fraction of sp³-hybridized carbons (Fsp3) is 0.400. The van der Waals surface area contributed by atoms with E-state index in [1.807, 2.05) is 32.2 Å². The maximum absolute atomic E-state index is 11.4. The van der Waals surface area contributed by atoms with E-state index in [1.165, 1.54) is 60.1 Å². The van der Waals surface area contributed by atoms with Crippen LogP contribution in [0.15, 0.2) is 103 Å². The Bertz CT molecular complexity index is 1110. The Kier molecular flexibility index (Phi) is 10.3. The second-order valence-corrected chi connectivity index (χ2v) is 10.6. The van der Waals surface area contributed by atoms with E-state index in [2.05, 4.69) is 80.5 Å². The van der Waals surface area contributed by atoms with Gasteiger partial charge in [0, 0.05) is 24.1 Å². The maximum Gasteiger partial charge on any atom is 0.127 e. The minimum absolute atomic E-state index is 0.0178. The van der Waals surface area contributed by atoms with Gasteiger partial charge in [-0.2, -0.15) is 0 Å². The molecule has 37 heavy (non-hydrogen) atoms. The lowest BCUT2D eigenvalue weighted by molar-refractivity contribution is -0.108. The maximum atomic E-state index is 11.4. The summed E-state index contributed by atoms with van der Waals surface area (Å²) in [7, 11) is 2.03. The lowest BCUT2D eigenvalue weighted by Gasteiger charge is -2.41. The fourth-order valence-electron chi connectivity index (χ4n) is 6.52. The number of benzene rings is 2. The van der Waals surface area contributed by atoms with Crippen LogP contribution in [0.25, 0.3) is 0 Å². The number of hydrogen-bond donors (Lipinski definition) is 1. The van der Waals surface area contributed by atoms with Gasteiger partial charge in [0.1, 0.15) is 6.29 Å². The average Bonchev–Trinajstić information content (AvgIpc) is 3.75. The quantitative estimate of drug-likeness (QED) is 0.294. The molecule has 0 amide bonds. The molecular weight excluding hydrogens is 450 g/mol. The normalized spacial score (nSPS) is 22.8. The van der Waals surface area contributed by atoms with Crippen molar-refractivity contribution in [2.75, 3.05) is 7.05 Å². The Morgan fingerprint density at radius 3 is 2.30 bits per heavy atom. The highest BCUT2D eigenvalue weighted by Gasteiger charge is 2.55. The number of carbonyl (C=O) groups excluding carboxylic acids is 1. The molecule has 2 aromatic rings. The van der Waals surface area contributed by atoms with Crippen LogP contribution in [0.1, 0.15) is 68.1 Å². The molecule has 3 aliphatic rings. The summed E-state index contributed by atoms with van der Waals surface area (Å²) in [5.74, 6) is 1.57. The van der Waals surface area contributed by atoms with Gasteiger partial charge >= 0.3 is 0 Å². The zero-order valence-electron chi connectivity index (χ0n) is 23.1. The van der Waals surface area contributed by atoms with Crippen LogP contribution in [0, 0.1) is 24.2 Å². The summed E-state index contributed by atoms with van der Waals surface area (Å²) in [6.45, 7) is 14.2. The highest BCUT2D eigenvalue weighted by molar-refractivity contribution is 5.62. The Balaban J connectivity index is 0.000000361. The molecule has 0 saturated heterocycles. The van der Waals surface area contributed by atoms with Crippen LogP contribution < -0.4 is 5.32 Å². The van der Waals surface area contributed by atoms with Crippen LogP contribution in [-0.2, 0) is 11.2 Å². The molecule has 196 valence electrons. The first-order chi connectivity index (χ1) is 18.0. The van der Waals surface area contributed by atoms with Crippen molar-refractivity contribution in [3.05, 3.63) is 120 Å². The molecular formula is C35H45NO. The van der Waals surface area contributed by atoms with Gasteiger partial charge in [-0.05, 0) is 86.5 Å². The van der Waals surface area contributed by atoms with E-state index in [9.17, 15) is 4.79 Å². The minimum Gasteiger partial charge on any atom is -0.388 e. The lowest BCUT2D eigenvalue weighted by atomic mass is 9.63. The van der Waals surface area contributed by atoms with Crippen LogP contribution in [-0.4, -0.2) is 13.3 Å². The van der Waals surface area contributed by atoms with Crippen LogP contribution in [0.5, 0.6) is 0 Å². The summed E-state index contributed by atoms with van der Waals surface area (Å²) < 4.78 is 0. The van der Waals surface area contributed by atoms with Gasteiger partial charge in [0.05, 0.1) is 0 Å². The topological polar surface area (TPSA) is 29.1 Å². The van der Waals surface area contributed by atoms with E-state index in [0.717, 1.165) is 31.0 Å². The zero-order valence-corrected chi connectivity index (χ0v) is 23.1. The van der Waals surface area contributed by atoms with Gasteiger partial charge in [-0.1, -0.05) is 85.3 Å². The molecule has 3 aliphatic carbocycles. The first kappa shape index (κ1) is 28.4. The minimum atomic E-state index is -0.0178. The summed E-state index contributed by atoms with van der Waals surface area (Å²) in [4.78, 5) is 11.4. The summed E-state index contributed by atoms with van der Waals surface area (Å²) in [5.41, 5.74) is 8.59. The van der Waals surface area contributed by atoms with Crippen molar-refractivity contribution in [1.29, 1.82) is 0 Å². The number of fused-ring (bicyclic) bond motifs is 1. The van der Waals surface area contributed by atoms with Gasteiger partial charge in [-0.3, -0.25) is 0 Å². The number of aryl methyl sites for hydroxylation is 2. The number of aldehydes is 1. The molecule has 3 unspecified atom stereocenters. The van der Waals surface area contributed by atoms with Crippen molar-refractivity contribution in [2.45, 2.75) is 64.7 Å².